The molecule has 0 heterocycles. The van der Waals surface area contributed by atoms with Gasteiger partial charge in [0, 0.05) is 5.56 Å². The van der Waals surface area contributed by atoms with Crippen LogP contribution in [0.5, 0.6) is 0 Å². The van der Waals surface area contributed by atoms with Gasteiger partial charge in [0.05, 0.1) is 6.42 Å². The third-order valence-corrected chi connectivity index (χ3v) is 1.90. The van der Waals surface area contributed by atoms with Crippen LogP contribution in [0.4, 0.5) is 13.2 Å². The maximum Gasteiger partial charge on any atom is 0.307 e. The number of hydrogen-bond acceptors (Lipinski definition) is 1. The Hall–Kier alpha value is -1.52. The molecule has 1 N–H and O–H groups in total. The second-order valence-corrected chi connectivity index (χ2v) is 3.11. The van der Waals surface area contributed by atoms with Gasteiger partial charge in [-0.25, -0.2) is 4.39 Å². The first-order valence-corrected chi connectivity index (χ1v) is 4.20. The van der Waals surface area contributed by atoms with Gasteiger partial charge in [-0.05, 0) is 5.56 Å². The fourth-order valence-electron chi connectivity index (χ4n) is 1.12. The number of alkyl halides is 3. The van der Waals surface area contributed by atoms with Crippen molar-refractivity contribution in [3.05, 3.63) is 35.4 Å². The molecule has 0 aliphatic rings. The van der Waals surface area contributed by atoms with Crippen molar-refractivity contribution in [1.29, 1.82) is 0 Å². The lowest BCUT2D eigenvalue weighted by atomic mass is 10.1. The molecule has 0 saturated heterocycles. The number of halogens is 3. The van der Waals surface area contributed by atoms with E-state index in [1.165, 1.54) is 12.1 Å². The number of carboxylic acid groups (broad SMARTS) is 1. The Morgan fingerprint density at radius 3 is 2.20 bits per heavy atom. The van der Waals surface area contributed by atoms with Crippen molar-refractivity contribution in [2.45, 2.75) is 12.3 Å². The summed E-state index contributed by atoms with van der Waals surface area (Å²) in [6.45, 7) is -1.76. The van der Waals surface area contributed by atoms with Crippen LogP contribution in [0, 0.1) is 0 Å². The topological polar surface area (TPSA) is 37.3 Å². The van der Waals surface area contributed by atoms with Crippen LogP contribution in [-0.4, -0.2) is 17.8 Å². The Balaban J connectivity index is 2.85. The van der Waals surface area contributed by atoms with Crippen molar-refractivity contribution in [2.24, 2.45) is 0 Å². The molecule has 15 heavy (non-hydrogen) atoms. The molecule has 0 unspecified atom stereocenters. The van der Waals surface area contributed by atoms with E-state index >= 15 is 0 Å². The molecule has 1 aromatic carbocycles. The van der Waals surface area contributed by atoms with Gasteiger partial charge in [0.2, 0.25) is 0 Å². The van der Waals surface area contributed by atoms with Crippen LogP contribution < -0.4 is 0 Å². The zero-order valence-corrected chi connectivity index (χ0v) is 7.71. The summed E-state index contributed by atoms with van der Waals surface area (Å²) in [4.78, 5) is 10.3. The van der Waals surface area contributed by atoms with Crippen LogP contribution in [0.1, 0.15) is 11.1 Å². The van der Waals surface area contributed by atoms with Crippen LogP contribution in [0.15, 0.2) is 24.3 Å². The molecule has 5 heteroatoms. The summed E-state index contributed by atoms with van der Waals surface area (Å²) in [6, 6.07) is 4.59. The van der Waals surface area contributed by atoms with Gasteiger partial charge in [-0.15, -0.1) is 0 Å². The first-order valence-electron chi connectivity index (χ1n) is 4.20. The summed E-state index contributed by atoms with van der Waals surface area (Å²) in [5, 5.41) is 8.43. The van der Waals surface area contributed by atoms with Gasteiger partial charge in [-0.3, -0.25) is 4.79 Å². The third kappa shape index (κ3) is 2.97. The van der Waals surface area contributed by atoms with Crippen molar-refractivity contribution >= 4 is 5.97 Å². The lowest BCUT2D eigenvalue weighted by Crippen LogP contribution is -2.15. The Morgan fingerprint density at radius 1 is 1.27 bits per heavy atom. The molecule has 0 aliphatic heterocycles. The number of carboxylic acids is 1. The van der Waals surface area contributed by atoms with E-state index in [4.69, 9.17) is 5.11 Å². The Labute approximate surface area is 84.3 Å². The molecule has 1 rings (SSSR count). The van der Waals surface area contributed by atoms with E-state index in [1.54, 1.807) is 0 Å². The number of aliphatic carboxylic acids is 1. The van der Waals surface area contributed by atoms with Gasteiger partial charge in [-0.2, -0.15) is 8.78 Å². The molecule has 0 fully saturated rings. The minimum absolute atomic E-state index is 0.235. The molecule has 0 aromatic heterocycles. The zero-order valence-electron chi connectivity index (χ0n) is 7.71. The van der Waals surface area contributed by atoms with Crippen molar-refractivity contribution in [1.82, 2.24) is 0 Å². The molecule has 1 aromatic rings. The van der Waals surface area contributed by atoms with Crippen LogP contribution in [0.25, 0.3) is 0 Å². The minimum atomic E-state index is -3.50. The molecule has 82 valence electrons. The SMILES string of the molecule is O=C(O)Cc1ccc(C(F)(F)CF)cc1. The highest BCUT2D eigenvalue weighted by Crippen LogP contribution is 2.28. The van der Waals surface area contributed by atoms with Gasteiger partial charge < -0.3 is 5.11 Å². The minimum Gasteiger partial charge on any atom is -0.481 e. The van der Waals surface area contributed by atoms with Gasteiger partial charge in [0.15, 0.2) is 6.67 Å². The zero-order chi connectivity index (χ0) is 11.5. The number of carbonyl (C=O) groups is 1. The average molecular weight is 218 g/mol. The van der Waals surface area contributed by atoms with E-state index in [0.717, 1.165) is 12.1 Å². The summed E-state index contributed by atoms with van der Waals surface area (Å²) in [7, 11) is 0. The number of rotatable bonds is 4. The highest BCUT2D eigenvalue weighted by atomic mass is 19.3. The van der Waals surface area contributed by atoms with E-state index in [9.17, 15) is 18.0 Å². The molecule has 0 spiro atoms. The summed E-state index contributed by atoms with van der Waals surface area (Å²) < 4.78 is 37.5. The fourth-order valence-corrected chi connectivity index (χ4v) is 1.12. The van der Waals surface area contributed by atoms with Crippen LogP contribution in [0.3, 0.4) is 0 Å². The molecule has 2 nitrogen and oxygen atoms in total. The molecule has 0 amide bonds. The van der Waals surface area contributed by atoms with Crippen molar-refractivity contribution in [3.8, 4) is 0 Å². The number of hydrogen-bond donors (Lipinski definition) is 1. The van der Waals surface area contributed by atoms with Gasteiger partial charge in [-0.1, -0.05) is 24.3 Å². The van der Waals surface area contributed by atoms with E-state index in [2.05, 4.69) is 0 Å². The highest BCUT2D eigenvalue weighted by molar-refractivity contribution is 5.70. The van der Waals surface area contributed by atoms with E-state index in [1.807, 2.05) is 0 Å². The predicted molar refractivity (Wildman–Crippen MR) is 47.7 cm³/mol. The van der Waals surface area contributed by atoms with E-state index < -0.39 is 24.1 Å². The maximum absolute atomic E-state index is 12.8. The van der Waals surface area contributed by atoms with Crippen LogP contribution in [-0.2, 0) is 17.1 Å². The first-order chi connectivity index (χ1) is 6.95. The van der Waals surface area contributed by atoms with Gasteiger partial charge >= 0.3 is 11.9 Å². The average Bonchev–Trinajstić information content (AvgIpc) is 2.18. The van der Waals surface area contributed by atoms with Crippen molar-refractivity contribution < 1.29 is 23.1 Å². The van der Waals surface area contributed by atoms with Crippen LogP contribution in [0.2, 0.25) is 0 Å². The van der Waals surface area contributed by atoms with Crippen LogP contribution >= 0.6 is 0 Å². The maximum atomic E-state index is 12.8. The largest absolute Gasteiger partial charge is 0.481 e. The van der Waals surface area contributed by atoms with E-state index in [0.29, 0.717) is 5.56 Å². The molecule has 0 bridgehead atoms. The molecule has 0 atom stereocenters. The molecule has 0 radical (unpaired) electrons. The lowest BCUT2D eigenvalue weighted by molar-refractivity contribution is -0.136. The lowest BCUT2D eigenvalue weighted by Gasteiger charge is -2.12. The van der Waals surface area contributed by atoms with Crippen molar-refractivity contribution in [3.63, 3.8) is 0 Å². The molecule has 0 saturated carbocycles. The Morgan fingerprint density at radius 2 is 1.80 bits per heavy atom. The second-order valence-electron chi connectivity index (χ2n) is 3.11. The summed E-state index contributed by atoms with van der Waals surface area (Å²) in [6.07, 6.45) is -0.235. The Kier molecular flexibility index (Phi) is 3.34. The quantitative estimate of drug-likeness (QED) is 0.842. The van der Waals surface area contributed by atoms with Crippen molar-refractivity contribution in [2.75, 3.05) is 6.67 Å². The van der Waals surface area contributed by atoms with E-state index in [-0.39, 0.29) is 6.42 Å². The van der Waals surface area contributed by atoms with Gasteiger partial charge in [0.25, 0.3) is 0 Å². The third-order valence-electron chi connectivity index (χ3n) is 1.90. The standard InChI is InChI=1S/C10H9F3O2/c11-6-10(12,13)8-3-1-7(2-4-8)5-9(14)15/h1-4H,5-6H2,(H,14,15). The normalized spacial score (nSPS) is 11.4. The second kappa shape index (κ2) is 4.33. The molecular formula is C10H9F3O2. The Bertz CT molecular complexity index is 346. The van der Waals surface area contributed by atoms with Gasteiger partial charge in [0.1, 0.15) is 0 Å². The smallest absolute Gasteiger partial charge is 0.307 e. The summed E-state index contributed by atoms with van der Waals surface area (Å²) >= 11 is 0. The summed E-state index contributed by atoms with van der Waals surface area (Å²) in [5.41, 5.74) is -0.0416. The predicted octanol–water partition coefficient (Wildman–Crippen LogP) is 2.38. The first kappa shape index (κ1) is 11.6. The fraction of sp³-hybridized carbons (Fsp3) is 0.300. The highest BCUT2D eigenvalue weighted by Gasteiger charge is 2.31. The number of benzene rings is 1. The monoisotopic (exact) mass is 218 g/mol. The molecular weight excluding hydrogens is 209 g/mol. The summed E-state index contributed by atoms with van der Waals surface area (Å²) in [5.74, 6) is -4.54. The molecule has 0 aliphatic carbocycles.